The van der Waals surface area contributed by atoms with Gasteiger partial charge in [0.25, 0.3) is 5.91 Å². The molecule has 24 heavy (non-hydrogen) atoms. The summed E-state index contributed by atoms with van der Waals surface area (Å²) in [5.41, 5.74) is 1.05. The highest BCUT2D eigenvalue weighted by atomic mass is 32.1. The molecule has 7 heteroatoms. The molecule has 2 amide bonds. The van der Waals surface area contributed by atoms with Crippen molar-refractivity contribution >= 4 is 23.2 Å². The van der Waals surface area contributed by atoms with Gasteiger partial charge in [0, 0.05) is 18.5 Å². The molecular formula is C17H23N3O3S. The number of aryl methyl sites for hydroxylation is 2. The third-order valence-corrected chi connectivity index (χ3v) is 6.59. The lowest BCUT2D eigenvalue weighted by atomic mass is 9.90. The van der Waals surface area contributed by atoms with Crippen molar-refractivity contribution in [2.45, 2.75) is 30.9 Å². The van der Waals surface area contributed by atoms with E-state index in [1.807, 2.05) is 16.8 Å². The Hall–Kier alpha value is -1.44. The van der Waals surface area contributed by atoms with Crippen LogP contribution >= 0.6 is 11.3 Å². The minimum Gasteiger partial charge on any atom is -0.368 e. The molecule has 0 aromatic carbocycles. The van der Waals surface area contributed by atoms with Crippen molar-refractivity contribution in [3.05, 3.63) is 21.4 Å². The Labute approximate surface area is 145 Å². The summed E-state index contributed by atoms with van der Waals surface area (Å²) >= 11 is 1.66. The van der Waals surface area contributed by atoms with E-state index in [4.69, 9.17) is 4.74 Å². The Morgan fingerprint density at radius 3 is 2.79 bits per heavy atom. The summed E-state index contributed by atoms with van der Waals surface area (Å²) in [7, 11) is 3.58. The lowest BCUT2D eigenvalue weighted by Crippen LogP contribution is -2.73. The number of morpholine rings is 1. The van der Waals surface area contributed by atoms with Crippen LogP contribution in [0.3, 0.4) is 0 Å². The van der Waals surface area contributed by atoms with Gasteiger partial charge in [-0.15, -0.1) is 11.3 Å². The smallest absolute Gasteiger partial charge is 0.264 e. The highest BCUT2D eigenvalue weighted by molar-refractivity contribution is 7.14. The van der Waals surface area contributed by atoms with Gasteiger partial charge < -0.3 is 15.0 Å². The van der Waals surface area contributed by atoms with Crippen molar-refractivity contribution in [2.24, 2.45) is 0 Å². The second-order valence-electron chi connectivity index (χ2n) is 7.11. The number of carbonyl (C=O) groups is 2. The molecule has 1 atom stereocenters. The first-order valence-electron chi connectivity index (χ1n) is 8.48. The normalized spacial score (nSPS) is 25.4. The van der Waals surface area contributed by atoms with E-state index in [1.54, 1.807) is 18.4 Å². The Morgan fingerprint density at radius 1 is 1.33 bits per heavy atom. The van der Waals surface area contributed by atoms with Gasteiger partial charge in [-0.05, 0) is 37.9 Å². The number of hydrogen-bond donors (Lipinski definition) is 1. The third kappa shape index (κ3) is 2.55. The summed E-state index contributed by atoms with van der Waals surface area (Å²) in [6.07, 6.45) is 3.44. The highest BCUT2D eigenvalue weighted by Crippen LogP contribution is 2.35. The number of likely N-dealkylation sites (N-methyl/N-ethyl adjacent to an activating group) is 2. The van der Waals surface area contributed by atoms with Crippen LogP contribution in [-0.4, -0.2) is 73.6 Å². The van der Waals surface area contributed by atoms with Gasteiger partial charge in [-0.3, -0.25) is 14.5 Å². The van der Waals surface area contributed by atoms with Crippen LogP contribution in [0.15, 0.2) is 6.07 Å². The van der Waals surface area contributed by atoms with Crippen LogP contribution in [0.5, 0.6) is 0 Å². The van der Waals surface area contributed by atoms with Gasteiger partial charge in [0.05, 0.1) is 24.6 Å². The molecule has 4 rings (SSSR count). The zero-order valence-electron chi connectivity index (χ0n) is 14.1. The van der Waals surface area contributed by atoms with Crippen LogP contribution in [0.25, 0.3) is 0 Å². The van der Waals surface area contributed by atoms with E-state index in [0.717, 1.165) is 17.7 Å². The molecular weight excluding hydrogens is 326 g/mol. The number of carbonyl (C=O) groups excluding carboxylic acids is 2. The minimum atomic E-state index is -0.311. The fourth-order valence-electron chi connectivity index (χ4n) is 4.01. The predicted octanol–water partition coefficient (Wildman–Crippen LogP) is 0.508. The maximum Gasteiger partial charge on any atom is 0.264 e. The molecule has 3 heterocycles. The van der Waals surface area contributed by atoms with Crippen LogP contribution in [0.4, 0.5) is 0 Å². The SMILES string of the molecule is CNC(=O)C1COC2(CN(C(=O)c3cc4c(s3)CCC4)C2)CN1C. The molecule has 2 aliphatic heterocycles. The first-order chi connectivity index (χ1) is 11.5. The van der Waals surface area contributed by atoms with Gasteiger partial charge in [-0.1, -0.05) is 0 Å². The molecule has 1 unspecified atom stereocenters. The summed E-state index contributed by atoms with van der Waals surface area (Å²) in [5, 5.41) is 2.67. The maximum atomic E-state index is 12.7. The van der Waals surface area contributed by atoms with E-state index < -0.39 is 0 Å². The molecule has 2 saturated heterocycles. The fraction of sp³-hybridized carbons (Fsp3) is 0.647. The molecule has 130 valence electrons. The Balaban J connectivity index is 1.37. The van der Waals surface area contributed by atoms with Crippen molar-refractivity contribution in [3.63, 3.8) is 0 Å². The molecule has 0 radical (unpaired) electrons. The molecule has 1 aromatic rings. The van der Waals surface area contributed by atoms with E-state index in [1.165, 1.54) is 16.9 Å². The summed E-state index contributed by atoms with van der Waals surface area (Å²) in [4.78, 5) is 30.6. The summed E-state index contributed by atoms with van der Waals surface area (Å²) in [5.74, 6) is 0.104. The monoisotopic (exact) mass is 349 g/mol. The number of ether oxygens (including phenoxy) is 1. The molecule has 1 aromatic heterocycles. The number of nitrogens with zero attached hydrogens (tertiary/aromatic N) is 2. The molecule has 1 aliphatic carbocycles. The number of likely N-dealkylation sites (tertiary alicyclic amines) is 1. The standard InChI is InChI=1S/C17H23N3O3S/c1-18-15(21)12-7-23-17(8-19(12)2)9-20(10-17)16(22)14-6-11-4-3-5-13(11)24-14/h6,12H,3-5,7-10H2,1-2H3,(H,18,21). The largest absolute Gasteiger partial charge is 0.368 e. The van der Waals surface area contributed by atoms with Crippen molar-refractivity contribution in [3.8, 4) is 0 Å². The summed E-state index contributed by atoms with van der Waals surface area (Å²) < 4.78 is 5.99. The van der Waals surface area contributed by atoms with Gasteiger partial charge in [-0.2, -0.15) is 0 Å². The van der Waals surface area contributed by atoms with E-state index >= 15 is 0 Å². The Kier molecular flexibility index (Phi) is 3.89. The van der Waals surface area contributed by atoms with E-state index in [0.29, 0.717) is 26.2 Å². The van der Waals surface area contributed by atoms with Crippen molar-refractivity contribution in [1.82, 2.24) is 15.1 Å². The Morgan fingerprint density at radius 2 is 2.12 bits per heavy atom. The summed E-state index contributed by atoms with van der Waals surface area (Å²) in [6.45, 7) is 2.28. The van der Waals surface area contributed by atoms with Crippen LogP contribution in [0.2, 0.25) is 0 Å². The van der Waals surface area contributed by atoms with Gasteiger partial charge in [0.15, 0.2) is 0 Å². The lowest BCUT2D eigenvalue weighted by Gasteiger charge is -2.54. The first kappa shape index (κ1) is 16.1. The quantitative estimate of drug-likeness (QED) is 0.845. The van der Waals surface area contributed by atoms with Crippen LogP contribution in [-0.2, 0) is 22.4 Å². The molecule has 3 aliphatic rings. The van der Waals surface area contributed by atoms with Gasteiger partial charge >= 0.3 is 0 Å². The van der Waals surface area contributed by atoms with Crippen molar-refractivity contribution in [2.75, 3.05) is 40.3 Å². The molecule has 1 N–H and O–H groups in total. The minimum absolute atomic E-state index is 0.0206. The highest BCUT2D eigenvalue weighted by Gasteiger charge is 2.51. The van der Waals surface area contributed by atoms with Crippen LogP contribution in [0, 0.1) is 0 Å². The zero-order valence-corrected chi connectivity index (χ0v) is 14.9. The van der Waals surface area contributed by atoms with Gasteiger partial charge in [0.2, 0.25) is 5.91 Å². The fourth-order valence-corrected chi connectivity index (χ4v) is 5.23. The third-order valence-electron chi connectivity index (χ3n) is 5.37. The number of thiophene rings is 1. The van der Waals surface area contributed by atoms with Gasteiger partial charge in [0.1, 0.15) is 11.6 Å². The number of amides is 2. The van der Waals surface area contributed by atoms with Crippen LogP contribution < -0.4 is 5.32 Å². The topological polar surface area (TPSA) is 61.9 Å². The second-order valence-corrected chi connectivity index (χ2v) is 8.25. The zero-order chi connectivity index (χ0) is 16.9. The average Bonchev–Trinajstić information content (AvgIpc) is 3.12. The number of hydrogen-bond acceptors (Lipinski definition) is 5. The lowest BCUT2D eigenvalue weighted by molar-refractivity contribution is -0.187. The van der Waals surface area contributed by atoms with E-state index in [9.17, 15) is 9.59 Å². The molecule has 6 nitrogen and oxygen atoms in total. The van der Waals surface area contributed by atoms with E-state index in [2.05, 4.69) is 11.4 Å². The van der Waals surface area contributed by atoms with Crippen LogP contribution in [0.1, 0.15) is 26.5 Å². The first-order valence-corrected chi connectivity index (χ1v) is 9.30. The Bertz CT molecular complexity index is 659. The molecule has 0 saturated carbocycles. The van der Waals surface area contributed by atoms with Crippen molar-refractivity contribution < 1.29 is 14.3 Å². The number of fused-ring (bicyclic) bond motifs is 1. The van der Waals surface area contributed by atoms with Gasteiger partial charge in [-0.25, -0.2) is 0 Å². The second kappa shape index (κ2) is 5.82. The van der Waals surface area contributed by atoms with Crippen molar-refractivity contribution in [1.29, 1.82) is 0 Å². The number of rotatable bonds is 2. The molecule has 0 bridgehead atoms. The van der Waals surface area contributed by atoms with E-state index in [-0.39, 0.29) is 23.5 Å². The molecule has 1 spiro atoms. The maximum absolute atomic E-state index is 12.7. The summed E-state index contributed by atoms with van der Waals surface area (Å²) in [6, 6.07) is 1.83. The average molecular weight is 349 g/mol. The predicted molar refractivity (Wildman–Crippen MR) is 91.4 cm³/mol. The number of nitrogens with one attached hydrogen (secondary N) is 1. The molecule has 2 fully saturated rings.